The third-order valence-electron chi connectivity index (χ3n) is 4.12. The SMILES string of the molecule is COc1ccccc1C(C)N(C(C)=O)c1c(C)ccc(Cl)c1C. The van der Waals surface area contributed by atoms with Gasteiger partial charge in [0.05, 0.1) is 18.8 Å². The molecule has 0 N–H and O–H groups in total. The molecule has 0 aliphatic carbocycles. The summed E-state index contributed by atoms with van der Waals surface area (Å²) in [6, 6.07) is 11.4. The predicted molar refractivity (Wildman–Crippen MR) is 95.5 cm³/mol. The highest BCUT2D eigenvalue weighted by Crippen LogP contribution is 2.37. The quantitative estimate of drug-likeness (QED) is 0.782. The molecule has 0 bridgehead atoms. The summed E-state index contributed by atoms with van der Waals surface area (Å²) >= 11 is 6.28. The first kappa shape index (κ1) is 17.4. The number of ether oxygens (including phenoxy) is 1. The Bertz CT molecular complexity index is 727. The van der Waals surface area contributed by atoms with Gasteiger partial charge in [0.25, 0.3) is 0 Å². The van der Waals surface area contributed by atoms with Crippen LogP contribution < -0.4 is 9.64 Å². The molecule has 0 aliphatic rings. The van der Waals surface area contributed by atoms with Crippen LogP contribution in [0.2, 0.25) is 5.02 Å². The smallest absolute Gasteiger partial charge is 0.224 e. The van der Waals surface area contributed by atoms with Crippen LogP contribution in [-0.2, 0) is 4.79 Å². The number of aryl methyl sites for hydroxylation is 1. The number of para-hydroxylation sites is 1. The van der Waals surface area contributed by atoms with Gasteiger partial charge >= 0.3 is 0 Å². The molecular formula is C19H22ClNO2. The van der Waals surface area contributed by atoms with E-state index in [0.29, 0.717) is 5.02 Å². The number of methoxy groups -OCH3 is 1. The van der Waals surface area contributed by atoms with Gasteiger partial charge in [0.15, 0.2) is 0 Å². The van der Waals surface area contributed by atoms with Gasteiger partial charge in [0.1, 0.15) is 5.75 Å². The van der Waals surface area contributed by atoms with Crippen LogP contribution in [0.3, 0.4) is 0 Å². The minimum Gasteiger partial charge on any atom is -0.496 e. The fourth-order valence-corrected chi connectivity index (χ4v) is 3.11. The minimum atomic E-state index is -0.167. The van der Waals surface area contributed by atoms with Crippen molar-refractivity contribution in [2.24, 2.45) is 0 Å². The molecule has 2 rings (SSSR count). The van der Waals surface area contributed by atoms with Crippen molar-refractivity contribution in [3.8, 4) is 5.75 Å². The number of hydrogen-bond acceptors (Lipinski definition) is 2. The van der Waals surface area contributed by atoms with Gasteiger partial charge in [0, 0.05) is 17.5 Å². The van der Waals surface area contributed by atoms with Crippen LogP contribution in [0.4, 0.5) is 5.69 Å². The van der Waals surface area contributed by atoms with Crippen molar-refractivity contribution in [3.63, 3.8) is 0 Å². The third kappa shape index (κ3) is 3.35. The van der Waals surface area contributed by atoms with Gasteiger partial charge in [-0.1, -0.05) is 35.9 Å². The Morgan fingerprint density at radius 2 is 1.83 bits per heavy atom. The second-order valence-electron chi connectivity index (χ2n) is 5.64. The van der Waals surface area contributed by atoms with E-state index in [2.05, 4.69) is 0 Å². The van der Waals surface area contributed by atoms with E-state index in [9.17, 15) is 4.79 Å². The van der Waals surface area contributed by atoms with E-state index in [-0.39, 0.29) is 11.9 Å². The highest BCUT2D eigenvalue weighted by Gasteiger charge is 2.26. The molecule has 23 heavy (non-hydrogen) atoms. The molecule has 0 saturated carbocycles. The number of benzene rings is 2. The number of anilines is 1. The van der Waals surface area contributed by atoms with E-state index < -0.39 is 0 Å². The van der Waals surface area contributed by atoms with Crippen LogP contribution in [-0.4, -0.2) is 13.0 Å². The number of nitrogens with zero attached hydrogens (tertiary/aromatic N) is 1. The summed E-state index contributed by atoms with van der Waals surface area (Å²) in [5.74, 6) is 0.737. The van der Waals surface area contributed by atoms with Crippen LogP contribution >= 0.6 is 11.6 Å². The number of carbonyl (C=O) groups excluding carboxylic acids is 1. The van der Waals surface area contributed by atoms with Crippen LogP contribution in [0.5, 0.6) is 5.75 Å². The van der Waals surface area contributed by atoms with Crippen molar-refractivity contribution >= 4 is 23.2 Å². The van der Waals surface area contributed by atoms with Crippen molar-refractivity contribution in [1.82, 2.24) is 0 Å². The van der Waals surface area contributed by atoms with E-state index in [4.69, 9.17) is 16.3 Å². The molecule has 0 saturated heterocycles. The van der Waals surface area contributed by atoms with Gasteiger partial charge in [-0.15, -0.1) is 0 Å². The van der Waals surface area contributed by atoms with Crippen molar-refractivity contribution in [2.75, 3.05) is 12.0 Å². The zero-order valence-electron chi connectivity index (χ0n) is 14.2. The van der Waals surface area contributed by atoms with Gasteiger partial charge in [-0.3, -0.25) is 4.79 Å². The van der Waals surface area contributed by atoms with Crippen LogP contribution in [0.1, 0.15) is 36.6 Å². The van der Waals surface area contributed by atoms with Crippen molar-refractivity contribution < 1.29 is 9.53 Å². The van der Waals surface area contributed by atoms with Crippen molar-refractivity contribution in [2.45, 2.75) is 33.7 Å². The predicted octanol–water partition coefficient (Wildman–Crippen LogP) is 5.08. The van der Waals surface area contributed by atoms with E-state index in [0.717, 1.165) is 28.1 Å². The second kappa shape index (κ2) is 7.05. The summed E-state index contributed by atoms with van der Waals surface area (Å²) < 4.78 is 5.45. The second-order valence-corrected chi connectivity index (χ2v) is 6.05. The standard InChI is InChI=1S/C19H22ClNO2/c1-12-10-11-17(20)13(2)19(12)21(15(4)22)14(3)16-8-6-7-9-18(16)23-5/h6-11,14H,1-5H3. The maximum Gasteiger partial charge on any atom is 0.224 e. The lowest BCUT2D eigenvalue weighted by atomic mass is 10.0. The lowest BCUT2D eigenvalue weighted by Gasteiger charge is -2.32. The molecule has 0 fully saturated rings. The molecule has 0 aliphatic heterocycles. The zero-order chi connectivity index (χ0) is 17.1. The van der Waals surface area contributed by atoms with E-state index >= 15 is 0 Å². The first-order chi connectivity index (χ1) is 10.9. The highest BCUT2D eigenvalue weighted by molar-refractivity contribution is 6.31. The molecule has 0 spiro atoms. The summed E-state index contributed by atoms with van der Waals surface area (Å²) in [5.41, 5.74) is 3.75. The van der Waals surface area contributed by atoms with Gasteiger partial charge in [-0.2, -0.15) is 0 Å². The number of amides is 1. The van der Waals surface area contributed by atoms with Gasteiger partial charge in [0.2, 0.25) is 5.91 Å². The molecule has 2 aromatic rings. The first-order valence-electron chi connectivity index (χ1n) is 7.56. The molecular weight excluding hydrogens is 310 g/mol. The molecule has 122 valence electrons. The summed E-state index contributed by atoms with van der Waals surface area (Å²) in [5, 5.41) is 0.657. The average molecular weight is 332 g/mol. The molecule has 4 heteroatoms. The van der Waals surface area contributed by atoms with Crippen molar-refractivity contribution in [3.05, 3.63) is 58.1 Å². The first-order valence-corrected chi connectivity index (χ1v) is 7.94. The topological polar surface area (TPSA) is 29.5 Å². The van der Waals surface area contributed by atoms with E-state index in [1.165, 1.54) is 0 Å². The lowest BCUT2D eigenvalue weighted by molar-refractivity contribution is -0.117. The number of hydrogen-bond donors (Lipinski definition) is 0. The molecule has 0 aromatic heterocycles. The fraction of sp³-hybridized carbons (Fsp3) is 0.316. The van der Waals surface area contributed by atoms with Gasteiger partial charge < -0.3 is 9.64 Å². The molecule has 1 atom stereocenters. The largest absolute Gasteiger partial charge is 0.496 e. The van der Waals surface area contributed by atoms with Crippen LogP contribution in [0.25, 0.3) is 0 Å². The normalized spacial score (nSPS) is 11.9. The zero-order valence-corrected chi connectivity index (χ0v) is 14.9. The Labute approximate surface area is 142 Å². The average Bonchev–Trinajstić information content (AvgIpc) is 2.54. The molecule has 1 unspecified atom stereocenters. The molecule has 2 aromatic carbocycles. The molecule has 1 amide bonds. The lowest BCUT2D eigenvalue weighted by Crippen LogP contribution is -2.33. The number of halogens is 1. The Hall–Kier alpha value is -2.00. The van der Waals surface area contributed by atoms with E-state index in [1.807, 2.05) is 57.2 Å². The maximum absolute atomic E-state index is 12.4. The van der Waals surface area contributed by atoms with Crippen molar-refractivity contribution in [1.29, 1.82) is 0 Å². The Balaban J connectivity index is 2.60. The summed E-state index contributed by atoms with van der Waals surface area (Å²) in [7, 11) is 1.64. The Morgan fingerprint density at radius 1 is 1.17 bits per heavy atom. The van der Waals surface area contributed by atoms with Crippen LogP contribution in [0.15, 0.2) is 36.4 Å². The molecule has 3 nitrogen and oxygen atoms in total. The Kier molecular flexibility index (Phi) is 5.32. The summed E-state index contributed by atoms with van der Waals surface area (Å²) in [6.07, 6.45) is 0. The maximum atomic E-state index is 12.4. The van der Waals surface area contributed by atoms with Crippen LogP contribution in [0, 0.1) is 13.8 Å². The highest BCUT2D eigenvalue weighted by atomic mass is 35.5. The third-order valence-corrected chi connectivity index (χ3v) is 4.53. The monoisotopic (exact) mass is 331 g/mol. The summed E-state index contributed by atoms with van der Waals surface area (Å²) in [4.78, 5) is 14.2. The number of carbonyl (C=O) groups is 1. The van der Waals surface area contributed by atoms with Gasteiger partial charge in [-0.25, -0.2) is 0 Å². The number of rotatable bonds is 4. The van der Waals surface area contributed by atoms with Gasteiger partial charge in [-0.05, 0) is 44.0 Å². The summed E-state index contributed by atoms with van der Waals surface area (Å²) in [6.45, 7) is 7.50. The Morgan fingerprint density at radius 3 is 2.43 bits per heavy atom. The molecule has 0 heterocycles. The molecule has 0 radical (unpaired) electrons. The fourth-order valence-electron chi connectivity index (χ4n) is 2.96. The minimum absolute atomic E-state index is 0.0307. The van der Waals surface area contributed by atoms with E-state index in [1.54, 1.807) is 18.9 Å².